The summed E-state index contributed by atoms with van der Waals surface area (Å²) in [6.45, 7) is 0. The van der Waals surface area contributed by atoms with Gasteiger partial charge >= 0.3 is 0 Å². The first-order chi connectivity index (χ1) is 10.0. The molecule has 1 aliphatic rings. The highest BCUT2D eigenvalue weighted by molar-refractivity contribution is 7.89. The predicted molar refractivity (Wildman–Crippen MR) is 77.1 cm³/mol. The third kappa shape index (κ3) is 2.48. The van der Waals surface area contributed by atoms with Crippen LogP contribution in [-0.4, -0.2) is 37.1 Å². The molecule has 0 saturated heterocycles. The SMILES string of the molecule is COC1CC(NS(=O)(=O)c2c(NN)nc3ccccn23)C1. The van der Waals surface area contributed by atoms with Gasteiger partial charge in [-0.05, 0) is 25.0 Å². The first kappa shape index (κ1) is 14.3. The van der Waals surface area contributed by atoms with Gasteiger partial charge in [0.05, 0.1) is 6.10 Å². The monoisotopic (exact) mass is 311 g/mol. The second-order valence-corrected chi connectivity index (χ2v) is 6.62. The molecular formula is C12H17N5O3S. The number of nitrogens with zero attached hydrogens (tertiary/aromatic N) is 2. The molecule has 0 bridgehead atoms. The normalized spacial score (nSPS) is 22.2. The summed E-state index contributed by atoms with van der Waals surface area (Å²) < 4.78 is 34.5. The Balaban J connectivity index is 1.95. The molecule has 8 nitrogen and oxygen atoms in total. The van der Waals surface area contributed by atoms with E-state index in [-0.39, 0.29) is 23.0 Å². The van der Waals surface area contributed by atoms with E-state index < -0.39 is 10.0 Å². The number of nitrogens with two attached hydrogens (primary N) is 1. The third-order valence-corrected chi connectivity index (χ3v) is 5.17. The van der Waals surface area contributed by atoms with Crippen LogP contribution in [0.4, 0.5) is 5.82 Å². The Hall–Kier alpha value is -1.68. The minimum Gasteiger partial charge on any atom is -0.381 e. The van der Waals surface area contributed by atoms with Crippen molar-refractivity contribution < 1.29 is 13.2 Å². The number of nitrogen functional groups attached to an aromatic ring is 1. The van der Waals surface area contributed by atoms with E-state index in [1.807, 2.05) is 0 Å². The fraction of sp³-hybridized carbons (Fsp3) is 0.417. The van der Waals surface area contributed by atoms with Crippen LogP contribution in [0.15, 0.2) is 29.4 Å². The molecule has 0 radical (unpaired) electrons. The molecule has 2 heterocycles. The highest BCUT2D eigenvalue weighted by Gasteiger charge is 2.35. The molecule has 1 aliphatic carbocycles. The van der Waals surface area contributed by atoms with E-state index in [2.05, 4.69) is 15.1 Å². The Bertz CT molecular complexity index is 751. The molecule has 4 N–H and O–H groups in total. The van der Waals surface area contributed by atoms with E-state index in [9.17, 15) is 8.42 Å². The van der Waals surface area contributed by atoms with Crippen molar-refractivity contribution in [3.05, 3.63) is 24.4 Å². The third-order valence-electron chi connectivity index (χ3n) is 3.63. The fourth-order valence-electron chi connectivity index (χ4n) is 2.45. The van der Waals surface area contributed by atoms with E-state index in [1.165, 1.54) is 4.40 Å². The zero-order valence-corrected chi connectivity index (χ0v) is 12.3. The van der Waals surface area contributed by atoms with E-state index in [0.29, 0.717) is 18.5 Å². The number of sulfonamides is 1. The summed E-state index contributed by atoms with van der Waals surface area (Å²) in [6, 6.07) is 5.10. The molecule has 9 heteroatoms. The summed E-state index contributed by atoms with van der Waals surface area (Å²) in [7, 11) is -2.10. The van der Waals surface area contributed by atoms with Crippen LogP contribution in [0, 0.1) is 0 Å². The topological polar surface area (TPSA) is 111 Å². The number of rotatable bonds is 5. The number of ether oxygens (including phenoxy) is 1. The molecule has 2 aromatic heterocycles. The lowest BCUT2D eigenvalue weighted by molar-refractivity contribution is 0.0236. The Morgan fingerprint density at radius 3 is 2.86 bits per heavy atom. The molecule has 21 heavy (non-hydrogen) atoms. The summed E-state index contributed by atoms with van der Waals surface area (Å²) in [5, 5.41) is 0.0152. The molecule has 1 fully saturated rings. The largest absolute Gasteiger partial charge is 0.381 e. The molecule has 114 valence electrons. The van der Waals surface area contributed by atoms with Crippen LogP contribution in [0.1, 0.15) is 12.8 Å². The zero-order valence-electron chi connectivity index (χ0n) is 11.5. The molecule has 2 aromatic rings. The highest BCUT2D eigenvalue weighted by Crippen LogP contribution is 2.27. The maximum Gasteiger partial charge on any atom is 0.260 e. The van der Waals surface area contributed by atoms with Crippen LogP contribution >= 0.6 is 0 Å². The highest BCUT2D eigenvalue weighted by atomic mass is 32.2. The summed E-state index contributed by atoms with van der Waals surface area (Å²) in [4.78, 5) is 4.16. The van der Waals surface area contributed by atoms with Crippen LogP contribution < -0.4 is 16.0 Å². The van der Waals surface area contributed by atoms with Gasteiger partial charge in [0.2, 0.25) is 0 Å². The van der Waals surface area contributed by atoms with E-state index >= 15 is 0 Å². The smallest absolute Gasteiger partial charge is 0.260 e. The maximum absolute atomic E-state index is 12.6. The minimum absolute atomic E-state index is 0.0152. The lowest BCUT2D eigenvalue weighted by Gasteiger charge is -2.34. The van der Waals surface area contributed by atoms with Gasteiger partial charge in [-0.15, -0.1) is 0 Å². The minimum atomic E-state index is -3.73. The first-order valence-electron chi connectivity index (χ1n) is 6.54. The van der Waals surface area contributed by atoms with E-state index in [0.717, 1.165) is 0 Å². The van der Waals surface area contributed by atoms with Crippen LogP contribution in [0.3, 0.4) is 0 Å². The van der Waals surface area contributed by atoms with Crippen LogP contribution in [0.25, 0.3) is 5.65 Å². The number of fused-ring (bicyclic) bond motifs is 1. The van der Waals surface area contributed by atoms with Crippen molar-refractivity contribution in [3.8, 4) is 0 Å². The standard InChI is InChI=1S/C12H17N5O3S/c1-20-9-6-8(7-9)16-21(18,19)12-11(15-13)14-10-4-2-3-5-17(10)12/h2-5,8-9,15-16H,6-7,13H2,1H3. The lowest BCUT2D eigenvalue weighted by Crippen LogP contribution is -2.47. The van der Waals surface area contributed by atoms with Gasteiger partial charge in [0.15, 0.2) is 10.8 Å². The number of anilines is 1. The van der Waals surface area contributed by atoms with Gasteiger partial charge in [-0.2, -0.15) is 0 Å². The van der Waals surface area contributed by atoms with Gasteiger partial charge < -0.3 is 10.2 Å². The number of hydrazine groups is 1. The molecule has 1 saturated carbocycles. The Morgan fingerprint density at radius 2 is 2.19 bits per heavy atom. The van der Waals surface area contributed by atoms with Crippen molar-refractivity contribution in [1.29, 1.82) is 0 Å². The number of nitrogens with one attached hydrogen (secondary N) is 2. The summed E-state index contributed by atoms with van der Waals surface area (Å²) in [5.74, 6) is 5.52. The van der Waals surface area contributed by atoms with Gasteiger partial charge in [0.25, 0.3) is 10.0 Å². The number of imidazole rings is 1. The summed E-state index contributed by atoms with van der Waals surface area (Å²) in [5.41, 5.74) is 2.85. The summed E-state index contributed by atoms with van der Waals surface area (Å²) in [6.07, 6.45) is 3.08. The Kier molecular flexibility index (Phi) is 3.57. The number of hydrogen-bond donors (Lipinski definition) is 3. The van der Waals surface area contributed by atoms with Crippen molar-refractivity contribution in [3.63, 3.8) is 0 Å². The average molecular weight is 311 g/mol. The van der Waals surface area contributed by atoms with Crippen molar-refractivity contribution in [2.45, 2.75) is 30.0 Å². The number of hydrogen-bond acceptors (Lipinski definition) is 6. The zero-order chi connectivity index (χ0) is 15.0. The Labute approximate surface area is 122 Å². The van der Waals surface area contributed by atoms with Gasteiger partial charge in [-0.3, -0.25) is 4.40 Å². The van der Waals surface area contributed by atoms with Crippen LogP contribution in [0.2, 0.25) is 0 Å². The second kappa shape index (κ2) is 5.26. The number of methoxy groups -OCH3 is 1. The van der Waals surface area contributed by atoms with Crippen LogP contribution in [0.5, 0.6) is 0 Å². The fourth-order valence-corrected chi connectivity index (χ4v) is 3.97. The van der Waals surface area contributed by atoms with Crippen molar-refractivity contribution >= 4 is 21.5 Å². The van der Waals surface area contributed by atoms with E-state index in [4.69, 9.17) is 10.6 Å². The molecule has 0 atom stereocenters. The molecule has 0 amide bonds. The van der Waals surface area contributed by atoms with Crippen molar-refractivity contribution in [2.75, 3.05) is 12.5 Å². The van der Waals surface area contributed by atoms with E-state index in [1.54, 1.807) is 31.5 Å². The maximum atomic E-state index is 12.6. The van der Waals surface area contributed by atoms with Gasteiger partial charge in [0, 0.05) is 19.3 Å². The van der Waals surface area contributed by atoms with Crippen molar-refractivity contribution in [2.24, 2.45) is 5.84 Å². The molecule has 0 aliphatic heterocycles. The molecule has 0 unspecified atom stereocenters. The molecule has 0 spiro atoms. The first-order valence-corrected chi connectivity index (χ1v) is 8.02. The predicted octanol–water partition coefficient (Wildman–Crippen LogP) is 0.0756. The lowest BCUT2D eigenvalue weighted by atomic mass is 9.90. The number of pyridine rings is 1. The Morgan fingerprint density at radius 1 is 1.43 bits per heavy atom. The number of aromatic nitrogens is 2. The van der Waals surface area contributed by atoms with Crippen LogP contribution in [-0.2, 0) is 14.8 Å². The second-order valence-electron chi connectivity index (χ2n) is 4.99. The van der Waals surface area contributed by atoms with Gasteiger partial charge in [-0.1, -0.05) is 6.07 Å². The molecule has 0 aromatic carbocycles. The summed E-state index contributed by atoms with van der Waals surface area (Å²) >= 11 is 0. The molecule has 3 rings (SSSR count). The van der Waals surface area contributed by atoms with Gasteiger partial charge in [0.1, 0.15) is 5.65 Å². The van der Waals surface area contributed by atoms with Gasteiger partial charge in [-0.25, -0.2) is 24.0 Å². The average Bonchev–Trinajstić information content (AvgIpc) is 2.81. The quantitative estimate of drug-likeness (QED) is 0.532. The molecular weight excluding hydrogens is 294 g/mol. The van der Waals surface area contributed by atoms with Crippen molar-refractivity contribution in [1.82, 2.24) is 14.1 Å².